The van der Waals surface area contributed by atoms with Gasteiger partial charge < -0.3 is 8.98 Å². The molecule has 0 spiro atoms. The third-order valence-corrected chi connectivity index (χ3v) is 18.0. The molecule has 0 bridgehead atoms. The van der Waals surface area contributed by atoms with Crippen LogP contribution in [0.4, 0.5) is 0 Å². The molecule has 0 aliphatic heterocycles. The van der Waals surface area contributed by atoms with Crippen LogP contribution in [0.5, 0.6) is 0 Å². The van der Waals surface area contributed by atoms with Gasteiger partial charge in [0.05, 0.1) is 28.0 Å². The maximum Gasteiger partial charge on any atom is 0 e. The molecule has 10 aromatic rings. The molecular formula is C61H61GeIrN5O-2. The average molecular weight is 1150 g/mol. The van der Waals surface area contributed by atoms with Gasteiger partial charge >= 0.3 is 144 Å². The van der Waals surface area contributed by atoms with E-state index in [-0.39, 0.29) is 20.1 Å². The third kappa shape index (κ3) is 10.0. The number of furan rings is 1. The summed E-state index contributed by atoms with van der Waals surface area (Å²) >= 11 is -1.89. The van der Waals surface area contributed by atoms with Gasteiger partial charge in [-0.1, -0.05) is 67.3 Å². The zero-order valence-corrected chi connectivity index (χ0v) is 45.7. The number of aryl methyl sites for hydroxylation is 3. The van der Waals surface area contributed by atoms with E-state index < -0.39 is 13.3 Å². The molecule has 1 aliphatic carbocycles. The largest absolute Gasteiger partial charge is 0 e. The number of pyridine rings is 3. The van der Waals surface area contributed by atoms with Crippen molar-refractivity contribution >= 4 is 61.7 Å². The number of aromatic nitrogens is 5. The van der Waals surface area contributed by atoms with Crippen LogP contribution in [0.2, 0.25) is 17.3 Å². The van der Waals surface area contributed by atoms with E-state index in [4.69, 9.17) is 24.4 Å². The molecule has 0 saturated heterocycles. The number of rotatable bonds is 9. The number of nitrogens with zero attached hydrogens (tertiary/aromatic N) is 5. The zero-order chi connectivity index (χ0) is 47.1. The Labute approximate surface area is 423 Å². The summed E-state index contributed by atoms with van der Waals surface area (Å²) < 4.78 is 10.5. The summed E-state index contributed by atoms with van der Waals surface area (Å²) in [6.45, 7) is 10.8. The van der Waals surface area contributed by atoms with Crippen LogP contribution in [0.1, 0.15) is 74.0 Å². The van der Waals surface area contributed by atoms with Gasteiger partial charge in [-0.3, -0.25) is 9.97 Å². The van der Waals surface area contributed by atoms with Gasteiger partial charge in [-0.05, 0) is 91.8 Å². The summed E-state index contributed by atoms with van der Waals surface area (Å²) in [6, 6.07) is 49.1. The molecule has 1 aliphatic rings. The molecule has 0 amide bonds. The van der Waals surface area contributed by atoms with E-state index >= 15 is 0 Å². The summed E-state index contributed by atoms with van der Waals surface area (Å²) in [6.07, 6.45) is 11.4. The van der Waals surface area contributed by atoms with Gasteiger partial charge in [-0.25, -0.2) is 4.98 Å². The molecule has 5 heterocycles. The fraction of sp³-hybridized carbons (Fsp3) is 0.279. The van der Waals surface area contributed by atoms with Crippen molar-refractivity contribution in [2.75, 3.05) is 0 Å². The second-order valence-electron chi connectivity index (χ2n) is 20.5. The topological polar surface area (TPSA) is 69.6 Å². The van der Waals surface area contributed by atoms with E-state index in [1.807, 2.05) is 25.1 Å². The van der Waals surface area contributed by atoms with E-state index in [1.54, 1.807) is 9.96 Å². The normalized spacial score (nSPS) is 13.3. The van der Waals surface area contributed by atoms with E-state index in [2.05, 4.69) is 171 Å². The van der Waals surface area contributed by atoms with Gasteiger partial charge in [0.2, 0.25) is 5.71 Å². The Morgan fingerprint density at radius 3 is 2.22 bits per heavy atom. The van der Waals surface area contributed by atoms with E-state index in [0.717, 1.165) is 101 Å². The maximum atomic E-state index is 6.58. The molecule has 0 unspecified atom stereocenters. The molecular weight excluding hydrogens is 1080 g/mol. The first kappa shape index (κ1) is 48.3. The molecule has 5 aromatic heterocycles. The van der Waals surface area contributed by atoms with Crippen LogP contribution >= 0.6 is 0 Å². The predicted octanol–water partition coefficient (Wildman–Crippen LogP) is 15.3. The smallest absolute Gasteiger partial charge is 0 e. The number of hydrogen-bond donors (Lipinski definition) is 0. The second-order valence-corrected chi connectivity index (χ2v) is 31.0. The average Bonchev–Trinajstić information content (AvgIpc) is 3.90. The van der Waals surface area contributed by atoms with Crippen LogP contribution in [-0.4, -0.2) is 37.8 Å². The van der Waals surface area contributed by atoms with Crippen molar-refractivity contribution in [1.29, 1.82) is 0 Å². The number of fused-ring (bicyclic) bond motifs is 6. The van der Waals surface area contributed by atoms with Gasteiger partial charge in [-0.2, -0.15) is 0 Å². The van der Waals surface area contributed by atoms with Crippen molar-refractivity contribution in [2.45, 2.75) is 96.8 Å². The first-order chi connectivity index (χ1) is 32.9. The van der Waals surface area contributed by atoms with Crippen molar-refractivity contribution in [2.24, 2.45) is 11.8 Å². The molecule has 1 fully saturated rings. The maximum absolute atomic E-state index is 6.58. The van der Waals surface area contributed by atoms with Gasteiger partial charge in [0.1, 0.15) is 0 Å². The van der Waals surface area contributed by atoms with Crippen molar-refractivity contribution in [3.63, 3.8) is 0 Å². The van der Waals surface area contributed by atoms with Crippen LogP contribution in [0.25, 0.3) is 83.5 Å². The van der Waals surface area contributed by atoms with Crippen LogP contribution in [0, 0.1) is 44.7 Å². The standard InChI is InChI=1S/C40H33N4O.C21H28GeN.Ir/c1-23(2)20-30-17-18-32-31-12-9-13-33(38(31)45-40(32)42-30)39-43-34-19-16-28-15-14-26(5)41-35(28)37(34)44(39)36-24(3)21-29(22-25(36)4)27-10-7-6-8-11-27;1-22(2,3)20-16-23-21(18-12-8-5-9-13-18)15-19(20)14-17-10-6-4-7-11-17;/h6-12,14-19,21-23H,20H2,1-5H3;5,8-9,12,15-17H,4,6-7,10-11,14H2,1-3H3;/q2*-1;. The van der Waals surface area contributed by atoms with Crippen LogP contribution in [-0.2, 0) is 32.9 Å². The van der Waals surface area contributed by atoms with Crippen molar-refractivity contribution < 1.29 is 24.5 Å². The first-order valence-electron chi connectivity index (χ1n) is 24.5. The number of hydrogen-bond acceptors (Lipinski definition) is 5. The van der Waals surface area contributed by atoms with Crippen molar-refractivity contribution in [3.8, 4) is 39.5 Å². The first-order valence-corrected chi connectivity index (χ1v) is 31.9. The fourth-order valence-electron chi connectivity index (χ4n) is 10.4. The molecule has 0 atom stereocenters. The molecule has 5 aromatic carbocycles. The summed E-state index contributed by atoms with van der Waals surface area (Å²) in [7, 11) is 0. The van der Waals surface area contributed by atoms with Gasteiger partial charge in [0.25, 0.3) is 0 Å². The Bertz CT molecular complexity index is 3410. The molecule has 0 N–H and O–H groups in total. The minimum Gasteiger partial charge on any atom is 0 e. The van der Waals surface area contributed by atoms with Gasteiger partial charge in [0.15, 0.2) is 0 Å². The summed E-state index contributed by atoms with van der Waals surface area (Å²) in [5.74, 6) is 9.60. The zero-order valence-electron chi connectivity index (χ0n) is 41.2. The molecule has 1 radical (unpaired) electrons. The fourth-order valence-corrected chi connectivity index (χ4v) is 13.8. The monoisotopic (exact) mass is 1150 g/mol. The third-order valence-electron chi connectivity index (χ3n) is 13.7. The molecule has 351 valence electrons. The molecule has 69 heavy (non-hydrogen) atoms. The minimum atomic E-state index is -1.89. The molecule has 11 rings (SSSR count). The Morgan fingerprint density at radius 2 is 1.49 bits per heavy atom. The molecule has 1 saturated carbocycles. The quantitative estimate of drug-likeness (QED) is 0.106. The Hall–Kier alpha value is -5.73. The van der Waals surface area contributed by atoms with Crippen LogP contribution < -0.4 is 4.40 Å². The summed E-state index contributed by atoms with van der Waals surface area (Å²) in [5.41, 5.74) is 16.5. The summed E-state index contributed by atoms with van der Waals surface area (Å²) in [4.78, 5) is 20.0. The SMILES string of the molecule is Cc1ccc2ccc3nc(-c4[c-]ccc5c4oc4nc(CC(C)C)ccc45)n(-c4c(C)cc(-c5ccccc5)cc4C)c3c2n1.[CH3][Ge]([CH3])([CH3])[c]1cnc(-c2[c-]cccc2)cc1CC1CCCCC1.[Ir]. The Morgan fingerprint density at radius 1 is 0.739 bits per heavy atom. The molecule has 8 heteroatoms. The van der Waals surface area contributed by atoms with Crippen LogP contribution in [0.3, 0.4) is 0 Å². The van der Waals surface area contributed by atoms with E-state index in [1.165, 1.54) is 49.7 Å². The predicted molar refractivity (Wildman–Crippen MR) is 286 cm³/mol. The van der Waals surface area contributed by atoms with E-state index in [9.17, 15) is 0 Å². The van der Waals surface area contributed by atoms with Crippen molar-refractivity contribution in [3.05, 3.63) is 168 Å². The van der Waals surface area contributed by atoms with Crippen molar-refractivity contribution in [1.82, 2.24) is 24.5 Å². The number of imidazole rings is 1. The summed E-state index contributed by atoms with van der Waals surface area (Å²) in [5, 5.41) is 3.08. The Kier molecular flexibility index (Phi) is 14.2. The molecule has 6 nitrogen and oxygen atoms in total. The van der Waals surface area contributed by atoms with Crippen LogP contribution in [0.15, 0.2) is 132 Å². The number of benzene rings is 5. The minimum absolute atomic E-state index is 0. The Balaban J connectivity index is 0.000000209. The van der Waals surface area contributed by atoms with Gasteiger partial charge in [-0.15, -0.1) is 18.2 Å². The van der Waals surface area contributed by atoms with Gasteiger partial charge in [0, 0.05) is 48.0 Å². The second kappa shape index (κ2) is 20.3. The van der Waals surface area contributed by atoms with E-state index in [0.29, 0.717) is 11.6 Å².